The lowest BCUT2D eigenvalue weighted by atomic mass is 9.94. The van der Waals surface area contributed by atoms with Crippen LogP contribution in [0.3, 0.4) is 0 Å². The SMILES string of the molecule is O=C(NC1CCCCC1Cl)c1ccc(OC(F)(F)F)cc1. The summed E-state index contributed by atoms with van der Waals surface area (Å²) in [6, 6.07) is 4.72. The molecule has 1 fully saturated rings. The molecule has 0 aromatic heterocycles. The van der Waals surface area contributed by atoms with E-state index in [9.17, 15) is 18.0 Å². The van der Waals surface area contributed by atoms with Crippen molar-refractivity contribution in [1.29, 1.82) is 0 Å². The smallest absolute Gasteiger partial charge is 0.406 e. The lowest BCUT2D eigenvalue weighted by molar-refractivity contribution is -0.274. The Bertz CT molecular complexity index is 490. The van der Waals surface area contributed by atoms with E-state index in [0.717, 1.165) is 37.8 Å². The molecule has 1 aromatic rings. The van der Waals surface area contributed by atoms with Crippen molar-refractivity contribution in [3.05, 3.63) is 29.8 Å². The maximum Gasteiger partial charge on any atom is 0.573 e. The molecule has 1 aliphatic carbocycles. The van der Waals surface area contributed by atoms with Gasteiger partial charge in [0.05, 0.1) is 5.38 Å². The largest absolute Gasteiger partial charge is 0.573 e. The van der Waals surface area contributed by atoms with Crippen molar-refractivity contribution in [3.8, 4) is 5.75 Å². The Morgan fingerprint density at radius 2 is 1.81 bits per heavy atom. The number of carbonyl (C=O) groups excluding carboxylic acids is 1. The van der Waals surface area contributed by atoms with Gasteiger partial charge in [-0.25, -0.2) is 0 Å². The predicted octanol–water partition coefficient (Wildman–Crippen LogP) is 3.87. The summed E-state index contributed by atoms with van der Waals surface area (Å²) in [5.74, 6) is -0.696. The third-order valence-corrected chi connectivity index (χ3v) is 3.87. The molecular formula is C14H15ClF3NO2. The zero-order valence-corrected chi connectivity index (χ0v) is 11.9. The van der Waals surface area contributed by atoms with Crippen molar-refractivity contribution in [2.24, 2.45) is 0 Å². The number of rotatable bonds is 3. The number of carbonyl (C=O) groups is 1. The van der Waals surface area contributed by atoms with Crippen LogP contribution in [-0.2, 0) is 0 Å². The van der Waals surface area contributed by atoms with Crippen LogP contribution in [0.15, 0.2) is 24.3 Å². The summed E-state index contributed by atoms with van der Waals surface area (Å²) < 4.78 is 39.9. The van der Waals surface area contributed by atoms with Gasteiger partial charge in [0.1, 0.15) is 5.75 Å². The quantitative estimate of drug-likeness (QED) is 0.858. The summed E-state index contributed by atoms with van der Waals surface area (Å²) in [5, 5.41) is 2.72. The molecule has 116 valence electrons. The van der Waals surface area contributed by atoms with Gasteiger partial charge in [0, 0.05) is 11.6 Å². The van der Waals surface area contributed by atoms with Crippen LogP contribution < -0.4 is 10.1 Å². The molecule has 0 saturated heterocycles. The number of halogens is 4. The molecule has 2 atom stereocenters. The second-order valence-corrected chi connectivity index (χ2v) is 5.51. The monoisotopic (exact) mass is 321 g/mol. The summed E-state index contributed by atoms with van der Waals surface area (Å²) in [6.07, 6.45) is -1.02. The molecule has 0 spiro atoms. The first-order valence-corrected chi connectivity index (χ1v) is 7.09. The van der Waals surface area contributed by atoms with E-state index in [1.807, 2.05) is 0 Å². The topological polar surface area (TPSA) is 38.3 Å². The fourth-order valence-corrected chi connectivity index (χ4v) is 2.65. The molecule has 1 aromatic carbocycles. The lowest BCUT2D eigenvalue weighted by Gasteiger charge is -2.27. The van der Waals surface area contributed by atoms with Crippen molar-refractivity contribution < 1.29 is 22.7 Å². The molecule has 1 amide bonds. The summed E-state index contributed by atoms with van der Waals surface area (Å²) in [4.78, 5) is 12.0. The van der Waals surface area contributed by atoms with Crippen molar-refractivity contribution in [2.45, 2.75) is 43.5 Å². The van der Waals surface area contributed by atoms with Gasteiger partial charge in [0.2, 0.25) is 0 Å². The van der Waals surface area contributed by atoms with Gasteiger partial charge in [-0.05, 0) is 37.1 Å². The second-order valence-electron chi connectivity index (χ2n) is 4.95. The summed E-state index contributed by atoms with van der Waals surface area (Å²) in [5.41, 5.74) is 0.277. The molecule has 1 aliphatic rings. The molecule has 2 rings (SSSR count). The van der Waals surface area contributed by atoms with Crippen LogP contribution in [0, 0.1) is 0 Å². The molecule has 0 aliphatic heterocycles. The normalized spacial score (nSPS) is 22.7. The van der Waals surface area contributed by atoms with Crippen LogP contribution >= 0.6 is 11.6 Å². The maximum atomic E-state index is 12.0. The molecule has 1 saturated carbocycles. The highest BCUT2D eigenvalue weighted by Gasteiger charge is 2.31. The zero-order valence-electron chi connectivity index (χ0n) is 11.1. The number of hydrogen-bond acceptors (Lipinski definition) is 2. The van der Waals surface area contributed by atoms with Gasteiger partial charge in [-0.3, -0.25) is 4.79 Å². The van der Waals surface area contributed by atoms with Crippen molar-refractivity contribution >= 4 is 17.5 Å². The van der Waals surface area contributed by atoms with Crippen LogP contribution in [0.4, 0.5) is 13.2 Å². The van der Waals surface area contributed by atoms with Crippen LogP contribution in [0.5, 0.6) is 5.75 Å². The second kappa shape index (κ2) is 6.56. The minimum absolute atomic E-state index is 0.0981. The minimum atomic E-state index is -4.74. The first-order chi connectivity index (χ1) is 9.85. The van der Waals surface area contributed by atoms with Crippen LogP contribution in [0.1, 0.15) is 36.0 Å². The van der Waals surface area contributed by atoms with E-state index in [1.165, 1.54) is 12.1 Å². The Balaban J connectivity index is 1.96. The van der Waals surface area contributed by atoms with Gasteiger partial charge in [-0.2, -0.15) is 0 Å². The average molecular weight is 322 g/mol. The van der Waals surface area contributed by atoms with E-state index < -0.39 is 6.36 Å². The Morgan fingerprint density at radius 1 is 1.19 bits per heavy atom. The van der Waals surface area contributed by atoms with E-state index >= 15 is 0 Å². The van der Waals surface area contributed by atoms with Gasteiger partial charge in [0.25, 0.3) is 5.91 Å². The molecule has 21 heavy (non-hydrogen) atoms. The van der Waals surface area contributed by atoms with Crippen LogP contribution in [0.2, 0.25) is 0 Å². The molecule has 1 N–H and O–H groups in total. The number of ether oxygens (including phenoxy) is 1. The van der Waals surface area contributed by atoms with E-state index in [2.05, 4.69) is 10.1 Å². The Labute approximate surface area is 125 Å². The number of hydrogen-bond donors (Lipinski definition) is 1. The highest BCUT2D eigenvalue weighted by Crippen LogP contribution is 2.24. The third-order valence-electron chi connectivity index (χ3n) is 3.35. The van der Waals surface area contributed by atoms with Gasteiger partial charge in [0.15, 0.2) is 0 Å². The van der Waals surface area contributed by atoms with Crippen molar-refractivity contribution in [1.82, 2.24) is 5.32 Å². The molecule has 2 unspecified atom stereocenters. The average Bonchev–Trinajstić information content (AvgIpc) is 2.40. The van der Waals surface area contributed by atoms with Crippen LogP contribution in [-0.4, -0.2) is 23.7 Å². The third kappa shape index (κ3) is 4.81. The molecule has 0 heterocycles. The zero-order chi connectivity index (χ0) is 15.5. The Morgan fingerprint density at radius 3 is 2.38 bits per heavy atom. The maximum absolute atomic E-state index is 12.0. The summed E-state index contributed by atoms with van der Waals surface area (Å²) in [7, 11) is 0. The van der Waals surface area contributed by atoms with E-state index in [4.69, 9.17) is 11.6 Å². The Kier molecular flexibility index (Phi) is 4.98. The number of amides is 1. The van der Waals surface area contributed by atoms with Crippen LogP contribution in [0.25, 0.3) is 0 Å². The molecule has 0 radical (unpaired) electrons. The molecule has 0 bridgehead atoms. The van der Waals surface area contributed by atoms with Gasteiger partial charge in [-0.15, -0.1) is 24.8 Å². The van der Waals surface area contributed by atoms with Crippen molar-refractivity contribution in [3.63, 3.8) is 0 Å². The lowest BCUT2D eigenvalue weighted by Crippen LogP contribution is -2.42. The van der Waals surface area contributed by atoms with Gasteiger partial charge >= 0.3 is 6.36 Å². The number of benzene rings is 1. The highest BCUT2D eigenvalue weighted by molar-refractivity contribution is 6.21. The van der Waals surface area contributed by atoms with E-state index in [0.29, 0.717) is 0 Å². The minimum Gasteiger partial charge on any atom is -0.406 e. The van der Waals surface area contributed by atoms with Gasteiger partial charge in [-0.1, -0.05) is 12.8 Å². The van der Waals surface area contributed by atoms with Crippen molar-refractivity contribution in [2.75, 3.05) is 0 Å². The molecule has 7 heteroatoms. The number of nitrogens with one attached hydrogen (secondary N) is 1. The fourth-order valence-electron chi connectivity index (χ4n) is 2.31. The Hall–Kier alpha value is -1.43. The predicted molar refractivity (Wildman–Crippen MR) is 72.5 cm³/mol. The van der Waals surface area contributed by atoms with E-state index in [-0.39, 0.29) is 28.6 Å². The molecular weight excluding hydrogens is 307 g/mol. The fraction of sp³-hybridized carbons (Fsp3) is 0.500. The molecule has 3 nitrogen and oxygen atoms in total. The van der Waals surface area contributed by atoms with E-state index in [1.54, 1.807) is 0 Å². The standard InChI is InChI=1S/C14H15ClF3NO2/c15-11-3-1-2-4-12(11)19-13(20)9-5-7-10(8-6-9)21-14(16,17)18/h5-8,11-12H,1-4H2,(H,19,20). The summed E-state index contributed by atoms with van der Waals surface area (Å²) in [6.45, 7) is 0. The number of alkyl halides is 4. The highest BCUT2D eigenvalue weighted by atomic mass is 35.5. The van der Waals surface area contributed by atoms with Gasteiger partial charge < -0.3 is 10.1 Å². The first-order valence-electron chi connectivity index (χ1n) is 6.66. The first kappa shape index (κ1) is 15.9. The summed E-state index contributed by atoms with van der Waals surface area (Å²) >= 11 is 6.15.